The lowest BCUT2D eigenvalue weighted by molar-refractivity contribution is -0.177. The molecule has 0 aliphatic heterocycles. The van der Waals surface area contributed by atoms with Gasteiger partial charge in [0.05, 0.1) is 27.0 Å². The molecular weight excluding hydrogens is 568 g/mol. The Morgan fingerprint density at radius 1 is 1.12 bits per heavy atom. The van der Waals surface area contributed by atoms with Crippen molar-refractivity contribution in [3.63, 3.8) is 0 Å². The Bertz CT molecular complexity index is 1550. The summed E-state index contributed by atoms with van der Waals surface area (Å²) in [7, 11) is -2.44. The van der Waals surface area contributed by atoms with E-state index in [1.165, 1.54) is 35.3 Å². The Morgan fingerprint density at radius 2 is 1.80 bits per heavy atom. The number of sulfone groups is 1. The SMILES string of the molecule is Cn1cc(C(O)C(O)C2(O)C3CC[C@H]2CC(S(=O)(=O)c2cc(C(=O)Nc4ccc(F)c(F)c4)ccc2Cl)C3)cn1. The van der Waals surface area contributed by atoms with Crippen molar-refractivity contribution < 1.29 is 37.3 Å². The van der Waals surface area contributed by atoms with Crippen molar-refractivity contribution in [2.24, 2.45) is 18.9 Å². The minimum atomic E-state index is -4.09. The van der Waals surface area contributed by atoms with Crippen LogP contribution in [0.2, 0.25) is 5.02 Å². The molecule has 2 fully saturated rings. The summed E-state index contributed by atoms with van der Waals surface area (Å²) in [6.45, 7) is 0. The molecule has 0 spiro atoms. The van der Waals surface area contributed by atoms with Crippen molar-refractivity contribution in [2.75, 3.05) is 5.32 Å². The number of nitrogens with zero attached hydrogens (tertiary/aromatic N) is 2. The summed E-state index contributed by atoms with van der Waals surface area (Å²) < 4.78 is 55.8. The average Bonchev–Trinajstić information content (AvgIpc) is 3.39. The van der Waals surface area contributed by atoms with Gasteiger partial charge in [0, 0.05) is 36.1 Å². The number of hydrogen-bond donors (Lipinski definition) is 4. The van der Waals surface area contributed by atoms with Crippen molar-refractivity contribution in [3.8, 4) is 0 Å². The van der Waals surface area contributed by atoms with Crippen molar-refractivity contribution in [2.45, 2.75) is 53.6 Å². The number of nitrogens with one attached hydrogen (secondary N) is 1. The highest BCUT2D eigenvalue weighted by molar-refractivity contribution is 7.92. The molecule has 5 unspecified atom stereocenters. The fraction of sp³-hybridized carbons (Fsp3) is 0.407. The zero-order chi connectivity index (χ0) is 29.0. The molecule has 3 aromatic rings. The van der Waals surface area contributed by atoms with Crippen LogP contribution in [0.5, 0.6) is 0 Å². The van der Waals surface area contributed by atoms with Gasteiger partial charge >= 0.3 is 0 Å². The number of halogens is 3. The number of amides is 1. The molecule has 1 amide bonds. The van der Waals surface area contributed by atoms with Crippen molar-refractivity contribution in [3.05, 3.63) is 76.6 Å². The molecule has 2 aromatic carbocycles. The highest BCUT2D eigenvalue weighted by atomic mass is 35.5. The molecule has 2 aliphatic carbocycles. The van der Waals surface area contributed by atoms with Gasteiger partial charge in [-0.05, 0) is 67.9 Å². The molecule has 2 aliphatic rings. The van der Waals surface area contributed by atoms with Crippen LogP contribution >= 0.6 is 11.6 Å². The highest BCUT2D eigenvalue weighted by Crippen LogP contribution is 2.55. The first kappa shape index (κ1) is 28.6. The van der Waals surface area contributed by atoms with Crippen LogP contribution in [0, 0.1) is 23.5 Å². The van der Waals surface area contributed by atoms with E-state index in [-0.39, 0.29) is 34.0 Å². The normalized spacial score (nSPS) is 25.9. The summed E-state index contributed by atoms with van der Waals surface area (Å²) in [4.78, 5) is 12.5. The minimum absolute atomic E-state index is 0.0153. The van der Waals surface area contributed by atoms with Crippen LogP contribution in [-0.2, 0) is 16.9 Å². The van der Waals surface area contributed by atoms with Crippen LogP contribution in [0.25, 0.3) is 0 Å². The zero-order valence-corrected chi connectivity index (χ0v) is 22.9. The third-order valence-corrected chi connectivity index (χ3v) is 10.9. The third-order valence-electron chi connectivity index (χ3n) is 8.22. The zero-order valence-electron chi connectivity index (χ0n) is 21.3. The Labute approximate surface area is 234 Å². The van der Waals surface area contributed by atoms with Gasteiger partial charge in [-0.2, -0.15) is 5.10 Å². The van der Waals surface area contributed by atoms with Gasteiger partial charge in [0.15, 0.2) is 21.5 Å². The summed E-state index contributed by atoms with van der Waals surface area (Å²) in [6, 6.07) is 6.55. The molecule has 5 rings (SSSR count). The first-order chi connectivity index (χ1) is 18.8. The molecule has 214 valence electrons. The maximum Gasteiger partial charge on any atom is 0.255 e. The van der Waals surface area contributed by atoms with Crippen LogP contribution in [0.15, 0.2) is 53.7 Å². The number of aliphatic hydroxyl groups excluding tert-OH is 2. The molecule has 4 N–H and O–H groups in total. The van der Waals surface area contributed by atoms with E-state index in [1.807, 2.05) is 0 Å². The topological polar surface area (TPSA) is 142 Å². The van der Waals surface area contributed by atoms with E-state index in [4.69, 9.17) is 11.6 Å². The van der Waals surface area contributed by atoms with E-state index in [0.29, 0.717) is 18.4 Å². The monoisotopic (exact) mass is 595 g/mol. The number of aromatic nitrogens is 2. The second-order valence-corrected chi connectivity index (χ2v) is 13.2. The summed E-state index contributed by atoms with van der Waals surface area (Å²) >= 11 is 6.28. The van der Waals surface area contributed by atoms with Gasteiger partial charge in [-0.15, -0.1) is 0 Å². The lowest BCUT2D eigenvalue weighted by Crippen LogP contribution is -2.57. The van der Waals surface area contributed by atoms with E-state index < -0.39 is 62.3 Å². The Balaban J connectivity index is 1.37. The fourth-order valence-corrected chi connectivity index (χ4v) is 8.53. The first-order valence-electron chi connectivity index (χ1n) is 12.7. The van der Waals surface area contributed by atoms with Gasteiger partial charge < -0.3 is 20.6 Å². The summed E-state index contributed by atoms with van der Waals surface area (Å²) in [5.74, 6) is -4.19. The number of carbonyl (C=O) groups is 1. The van der Waals surface area contributed by atoms with Gasteiger partial charge in [-0.1, -0.05) is 11.6 Å². The van der Waals surface area contributed by atoms with Crippen molar-refractivity contribution >= 4 is 33.0 Å². The van der Waals surface area contributed by atoms with E-state index in [1.54, 1.807) is 7.05 Å². The molecule has 40 heavy (non-hydrogen) atoms. The molecule has 2 saturated carbocycles. The van der Waals surface area contributed by atoms with Gasteiger partial charge in [0.25, 0.3) is 5.91 Å². The van der Waals surface area contributed by atoms with E-state index >= 15 is 0 Å². The first-order valence-corrected chi connectivity index (χ1v) is 14.6. The number of hydrogen-bond acceptors (Lipinski definition) is 7. The summed E-state index contributed by atoms with van der Waals surface area (Å²) in [5.41, 5.74) is -1.43. The Morgan fingerprint density at radius 3 is 2.40 bits per heavy atom. The van der Waals surface area contributed by atoms with Crippen molar-refractivity contribution in [1.82, 2.24) is 9.78 Å². The third kappa shape index (κ3) is 4.92. The number of aryl methyl sites for hydroxylation is 1. The fourth-order valence-electron chi connectivity index (χ4n) is 6.13. The number of carbonyl (C=O) groups excluding carboxylic acids is 1. The van der Waals surface area contributed by atoms with Crippen LogP contribution in [0.4, 0.5) is 14.5 Å². The van der Waals surface area contributed by atoms with Crippen LogP contribution in [0.1, 0.15) is 47.7 Å². The second-order valence-electron chi connectivity index (χ2n) is 10.6. The second kappa shape index (κ2) is 10.5. The number of anilines is 1. The Kier molecular flexibility index (Phi) is 7.51. The van der Waals surface area contributed by atoms with E-state index in [0.717, 1.165) is 18.2 Å². The van der Waals surface area contributed by atoms with Gasteiger partial charge in [-0.3, -0.25) is 9.48 Å². The minimum Gasteiger partial charge on any atom is -0.387 e. The van der Waals surface area contributed by atoms with Crippen LogP contribution < -0.4 is 5.32 Å². The van der Waals surface area contributed by atoms with Crippen molar-refractivity contribution in [1.29, 1.82) is 0 Å². The maximum absolute atomic E-state index is 13.8. The molecule has 13 heteroatoms. The number of benzene rings is 2. The molecule has 0 saturated heterocycles. The molecule has 1 heterocycles. The molecular formula is C27H28ClF2N3O6S. The summed E-state index contributed by atoms with van der Waals surface area (Å²) in [5, 5.41) is 38.8. The van der Waals surface area contributed by atoms with E-state index in [9.17, 15) is 37.3 Å². The number of fused-ring (bicyclic) bond motifs is 2. The highest BCUT2D eigenvalue weighted by Gasteiger charge is 2.60. The van der Waals surface area contributed by atoms with Gasteiger partial charge in [-0.25, -0.2) is 17.2 Å². The average molecular weight is 596 g/mol. The standard InChI is InChI=1S/C27H28ClF2N3O6S/c1-33-13-15(12-31-33)24(34)25(35)27(37)16-3-4-17(27)10-19(9-16)40(38,39)23-8-14(2-6-20(23)28)26(36)32-18-5-7-21(29)22(30)11-18/h2,5-8,11-13,16-17,19,24-25,34-35,37H,3-4,9-10H2,1H3,(H,32,36)/t16-,17?,19?,24?,25?,27?/m0/s1. The molecule has 9 nitrogen and oxygen atoms in total. The molecule has 2 bridgehead atoms. The van der Waals surface area contributed by atoms with Gasteiger partial charge in [0.1, 0.15) is 12.2 Å². The lowest BCUT2D eigenvalue weighted by Gasteiger charge is -2.46. The van der Waals surface area contributed by atoms with Crippen LogP contribution in [0.3, 0.4) is 0 Å². The lowest BCUT2D eigenvalue weighted by atomic mass is 9.69. The number of aliphatic hydroxyl groups is 3. The maximum atomic E-state index is 13.8. The predicted molar refractivity (Wildman–Crippen MR) is 141 cm³/mol. The smallest absolute Gasteiger partial charge is 0.255 e. The quantitative estimate of drug-likeness (QED) is 0.328. The predicted octanol–water partition coefficient (Wildman–Crippen LogP) is 3.39. The molecule has 1 aromatic heterocycles. The Hall–Kier alpha value is -2.90. The summed E-state index contributed by atoms with van der Waals surface area (Å²) in [6.07, 6.45) is 0.948. The van der Waals surface area contributed by atoms with Gasteiger partial charge in [0.2, 0.25) is 0 Å². The largest absolute Gasteiger partial charge is 0.387 e. The van der Waals surface area contributed by atoms with Crippen LogP contribution in [-0.4, -0.2) is 56.4 Å². The number of rotatable bonds is 7. The van der Waals surface area contributed by atoms with E-state index in [2.05, 4.69) is 10.4 Å². The molecule has 0 radical (unpaired) electrons. The molecule has 6 atom stereocenters.